The SMILES string of the molecule is O=C(N/N=C/c1cc(Br)c(OCc2cccc([N+](=O)[O-])c2)c(Br)c1)c1cc2cc(Cl)ccc2o1. The number of nitrogens with zero attached hydrogens (tertiary/aromatic N) is 2. The zero-order chi connectivity index (χ0) is 24.2. The van der Waals surface area contributed by atoms with E-state index in [1.165, 1.54) is 18.3 Å². The molecule has 0 unspecified atom stereocenters. The van der Waals surface area contributed by atoms with Gasteiger partial charge in [0.2, 0.25) is 0 Å². The van der Waals surface area contributed by atoms with E-state index in [-0.39, 0.29) is 18.1 Å². The summed E-state index contributed by atoms with van der Waals surface area (Å²) in [7, 11) is 0. The van der Waals surface area contributed by atoms with Gasteiger partial charge in [-0.2, -0.15) is 5.10 Å². The van der Waals surface area contributed by atoms with E-state index in [2.05, 4.69) is 42.4 Å². The molecule has 0 aliphatic carbocycles. The highest BCUT2D eigenvalue weighted by atomic mass is 79.9. The number of non-ortho nitro benzene ring substituents is 1. The Balaban J connectivity index is 1.41. The summed E-state index contributed by atoms with van der Waals surface area (Å²) in [6.07, 6.45) is 1.47. The molecule has 34 heavy (non-hydrogen) atoms. The molecule has 4 rings (SSSR count). The minimum Gasteiger partial charge on any atom is -0.487 e. The van der Waals surface area contributed by atoms with Gasteiger partial charge in [0.05, 0.1) is 20.1 Å². The Morgan fingerprint density at radius 2 is 1.91 bits per heavy atom. The van der Waals surface area contributed by atoms with Gasteiger partial charge in [0, 0.05) is 22.5 Å². The number of benzene rings is 3. The van der Waals surface area contributed by atoms with Gasteiger partial charge in [-0.15, -0.1) is 0 Å². The number of hydrogen-bond acceptors (Lipinski definition) is 6. The molecular formula is C23H14Br2ClN3O5. The summed E-state index contributed by atoms with van der Waals surface area (Å²) in [6, 6.07) is 16.4. The maximum Gasteiger partial charge on any atom is 0.307 e. The van der Waals surface area contributed by atoms with Gasteiger partial charge >= 0.3 is 5.91 Å². The van der Waals surface area contributed by atoms with Crippen LogP contribution in [0.5, 0.6) is 5.75 Å². The van der Waals surface area contributed by atoms with Crippen LogP contribution in [0.4, 0.5) is 5.69 Å². The smallest absolute Gasteiger partial charge is 0.307 e. The highest BCUT2D eigenvalue weighted by molar-refractivity contribution is 9.11. The number of fused-ring (bicyclic) bond motifs is 1. The molecule has 0 fully saturated rings. The number of rotatable bonds is 7. The summed E-state index contributed by atoms with van der Waals surface area (Å²) >= 11 is 12.9. The average Bonchev–Trinajstić information content (AvgIpc) is 3.22. The average molecular weight is 608 g/mol. The summed E-state index contributed by atoms with van der Waals surface area (Å²) < 4.78 is 12.6. The number of ether oxygens (including phenoxy) is 1. The topological polar surface area (TPSA) is 107 Å². The third kappa shape index (κ3) is 5.64. The van der Waals surface area contributed by atoms with Crippen molar-refractivity contribution in [2.24, 2.45) is 5.10 Å². The summed E-state index contributed by atoms with van der Waals surface area (Å²) in [5.41, 5.74) is 4.31. The molecule has 1 aromatic heterocycles. The lowest BCUT2D eigenvalue weighted by Crippen LogP contribution is -2.16. The van der Waals surface area contributed by atoms with Gasteiger partial charge in [-0.25, -0.2) is 5.43 Å². The number of nitro groups is 1. The predicted molar refractivity (Wildman–Crippen MR) is 136 cm³/mol. The molecule has 4 aromatic rings. The molecule has 0 aliphatic rings. The van der Waals surface area contributed by atoms with E-state index in [1.54, 1.807) is 48.5 Å². The molecule has 0 saturated heterocycles. The van der Waals surface area contributed by atoms with E-state index in [1.807, 2.05) is 0 Å². The Labute approximate surface area is 214 Å². The van der Waals surface area contributed by atoms with Crippen LogP contribution in [0, 0.1) is 10.1 Å². The first-order valence-electron chi connectivity index (χ1n) is 9.68. The molecule has 1 amide bonds. The Bertz CT molecular complexity index is 1410. The standard InChI is InChI=1S/C23H14Br2ClN3O5/c24-18-7-14(8-19(25)22(18)33-12-13-2-1-3-17(6-13)29(31)32)11-27-28-23(30)21-10-15-9-16(26)4-5-20(15)34-21/h1-11H,12H2,(H,28,30)/b27-11+. The second-order valence-electron chi connectivity index (χ2n) is 7.02. The normalized spacial score (nSPS) is 11.1. The van der Waals surface area contributed by atoms with Gasteiger partial charge in [-0.3, -0.25) is 14.9 Å². The van der Waals surface area contributed by atoms with Crippen LogP contribution >= 0.6 is 43.5 Å². The largest absolute Gasteiger partial charge is 0.487 e. The Morgan fingerprint density at radius 1 is 1.15 bits per heavy atom. The lowest BCUT2D eigenvalue weighted by Gasteiger charge is -2.11. The molecular weight excluding hydrogens is 594 g/mol. The molecule has 3 aromatic carbocycles. The Morgan fingerprint density at radius 3 is 2.65 bits per heavy atom. The lowest BCUT2D eigenvalue weighted by molar-refractivity contribution is -0.384. The first-order valence-corrected chi connectivity index (χ1v) is 11.6. The number of halogens is 3. The number of hydrazone groups is 1. The fraction of sp³-hybridized carbons (Fsp3) is 0.0435. The van der Waals surface area contributed by atoms with E-state index in [4.69, 9.17) is 20.8 Å². The lowest BCUT2D eigenvalue weighted by atomic mass is 10.2. The number of amides is 1. The highest BCUT2D eigenvalue weighted by Gasteiger charge is 2.13. The van der Waals surface area contributed by atoms with Crippen molar-refractivity contribution in [1.82, 2.24) is 5.43 Å². The fourth-order valence-corrected chi connectivity index (χ4v) is 4.69. The maximum absolute atomic E-state index is 12.3. The van der Waals surface area contributed by atoms with Crippen molar-refractivity contribution in [3.05, 3.63) is 102 Å². The van der Waals surface area contributed by atoms with Crippen LogP contribution < -0.4 is 10.2 Å². The zero-order valence-electron chi connectivity index (χ0n) is 17.1. The number of hydrogen-bond donors (Lipinski definition) is 1. The second kappa shape index (κ2) is 10.4. The van der Waals surface area contributed by atoms with Crippen molar-refractivity contribution < 1.29 is 18.9 Å². The van der Waals surface area contributed by atoms with E-state index >= 15 is 0 Å². The molecule has 0 bridgehead atoms. The molecule has 0 atom stereocenters. The summed E-state index contributed by atoms with van der Waals surface area (Å²) in [4.78, 5) is 22.8. The van der Waals surface area contributed by atoms with Crippen molar-refractivity contribution in [2.45, 2.75) is 6.61 Å². The molecule has 172 valence electrons. The van der Waals surface area contributed by atoms with Crippen molar-refractivity contribution in [2.75, 3.05) is 0 Å². The molecule has 0 aliphatic heterocycles. The van der Waals surface area contributed by atoms with Crippen molar-refractivity contribution in [3.8, 4) is 5.75 Å². The maximum atomic E-state index is 12.3. The van der Waals surface area contributed by atoms with Gasteiger partial charge in [-0.1, -0.05) is 23.7 Å². The number of nitrogens with one attached hydrogen (secondary N) is 1. The second-order valence-corrected chi connectivity index (χ2v) is 9.17. The van der Waals surface area contributed by atoms with E-state index in [9.17, 15) is 14.9 Å². The molecule has 8 nitrogen and oxygen atoms in total. The minimum absolute atomic E-state index is 0.000663. The molecule has 1 heterocycles. The van der Waals surface area contributed by atoms with Crippen molar-refractivity contribution >= 4 is 72.2 Å². The third-order valence-electron chi connectivity index (χ3n) is 4.61. The Kier molecular flexibility index (Phi) is 7.30. The minimum atomic E-state index is -0.501. The van der Waals surface area contributed by atoms with Crippen molar-refractivity contribution in [3.63, 3.8) is 0 Å². The number of carbonyl (C=O) groups excluding carboxylic acids is 1. The van der Waals surface area contributed by atoms with Crippen molar-refractivity contribution in [1.29, 1.82) is 0 Å². The van der Waals surface area contributed by atoms with Gasteiger partial charge in [0.25, 0.3) is 5.69 Å². The molecule has 1 N–H and O–H groups in total. The monoisotopic (exact) mass is 605 g/mol. The van der Waals surface area contributed by atoms with E-state index < -0.39 is 10.8 Å². The number of carbonyl (C=O) groups is 1. The Hall–Kier alpha value is -3.21. The summed E-state index contributed by atoms with van der Waals surface area (Å²) in [6.45, 7) is 0.144. The van der Waals surface area contributed by atoms with Crippen LogP contribution in [0.2, 0.25) is 5.02 Å². The summed E-state index contributed by atoms with van der Waals surface area (Å²) in [5, 5.41) is 16.2. The highest BCUT2D eigenvalue weighted by Crippen LogP contribution is 2.35. The molecule has 0 radical (unpaired) electrons. The molecule has 0 spiro atoms. The first kappa shape index (κ1) is 23.9. The predicted octanol–water partition coefficient (Wildman–Crippen LogP) is 6.86. The first-order chi connectivity index (χ1) is 16.3. The van der Waals surface area contributed by atoms with Crippen LogP contribution in [0.15, 0.2) is 79.1 Å². The quantitative estimate of drug-likeness (QED) is 0.140. The van der Waals surface area contributed by atoms with Gasteiger partial charge in [-0.05, 0) is 79.4 Å². The van der Waals surface area contributed by atoms with Crippen LogP contribution in [0.3, 0.4) is 0 Å². The van der Waals surface area contributed by atoms with Crippen LogP contribution in [-0.2, 0) is 6.61 Å². The molecule has 0 saturated carbocycles. The van der Waals surface area contributed by atoms with Crippen LogP contribution in [-0.4, -0.2) is 17.0 Å². The zero-order valence-corrected chi connectivity index (χ0v) is 21.1. The van der Waals surface area contributed by atoms with Crippen LogP contribution in [0.1, 0.15) is 21.7 Å². The van der Waals surface area contributed by atoms with Crippen LogP contribution in [0.25, 0.3) is 11.0 Å². The van der Waals surface area contributed by atoms with Gasteiger partial charge in [0.1, 0.15) is 17.9 Å². The van der Waals surface area contributed by atoms with E-state index in [0.717, 1.165) is 5.39 Å². The summed E-state index contributed by atoms with van der Waals surface area (Å²) in [5.74, 6) is 0.133. The number of nitro benzene ring substituents is 1. The molecule has 11 heteroatoms. The third-order valence-corrected chi connectivity index (χ3v) is 6.02. The van der Waals surface area contributed by atoms with E-state index in [0.29, 0.717) is 36.4 Å². The van der Waals surface area contributed by atoms with Gasteiger partial charge in [0.15, 0.2) is 5.76 Å². The fourth-order valence-electron chi connectivity index (χ4n) is 3.05. The van der Waals surface area contributed by atoms with Gasteiger partial charge < -0.3 is 9.15 Å². The number of furan rings is 1.